The molecule has 0 fully saturated rings. The van der Waals surface area contributed by atoms with Crippen LogP contribution in [0.5, 0.6) is 0 Å². The van der Waals surface area contributed by atoms with Crippen molar-refractivity contribution in [1.82, 2.24) is 5.32 Å². The minimum Gasteiger partial charge on any atom is -0.394 e. The van der Waals surface area contributed by atoms with Crippen molar-refractivity contribution in [2.24, 2.45) is 0 Å². The molecular formula is C14H29NO3. The summed E-state index contributed by atoms with van der Waals surface area (Å²) >= 11 is 0. The predicted octanol–water partition coefficient (Wildman–Crippen LogP) is 2.25. The zero-order valence-corrected chi connectivity index (χ0v) is 11.7. The Labute approximate surface area is 111 Å². The number of carbonyl (C=O) groups is 1. The van der Waals surface area contributed by atoms with Crippen molar-refractivity contribution in [2.45, 2.75) is 58.3 Å². The molecule has 0 bridgehead atoms. The fourth-order valence-corrected chi connectivity index (χ4v) is 1.72. The number of unbranched alkanes of at least 4 members (excludes halogenated alkanes) is 5. The molecule has 0 unspecified atom stereocenters. The van der Waals surface area contributed by atoms with E-state index in [-0.39, 0.29) is 12.5 Å². The van der Waals surface area contributed by atoms with Crippen molar-refractivity contribution in [3.8, 4) is 0 Å². The molecule has 0 atom stereocenters. The van der Waals surface area contributed by atoms with Gasteiger partial charge in [0.05, 0.1) is 13.2 Å². The van der Waals surface area contributed by atoms with Crippen LogP contribution in [-0.2, 0) is 9.53 Å². The number of ether oxygens (including phenoxy) is 1. The van der Waals surface area contributed by atoms with Crippen LogP contribution in [0.2, 0.25) is 0 Å². The van der Waals surface area contributed by atoms with Crippen LogP contribution in [0.3, 0.4) is 0 Å². The Balaban J connectivity index is 3.12. The van der Waals surface area contributed by atoms with E-state index in [4.69, 9.17) is 9.84 Å². The molecule has 0 aromatic rings. The van der Waals surface area contributed by atoms with Crippen LogP contribution in [0.1, 0.15) is 58.3 Å². The first-order valence-corrected chi connectivity index (χ1v) is 7.26. The normalized spacial score (nSPS) is 10.6. The summed E-state index contributed by atoms with van der Waals surface area (Å²) in [6, 6.07) is 0. The van der Waals surface area contributed by atoms with Crippen LogP contribution >= 0.6 is 0 Å². The first-order chi connectivity index (χ1) is 8.81. The molecule has 0 aliphatic rings. The molecule has 0 aromatic heterocycles. The van der Waals surface area contributed by atoms with Gasteiger partial charge in [0.15, 0.2) is 0 Å². The standard InChI is InChI=1S/C14H29NO3/c1-2-3-4-5-6-7-9-14(17)15-10-8-12-18-13-11-16/h16H,2-13H2,1H3,(H,15,17). The summed E-state index contributed by atoms with van der Waals surface area (Å²) in [5, 5.41) is 11.4. The Morgan fingerprint density at radius 3 is 2.50 bits per heavy atom. The summed E-state index contributed by atoms with van der Waals surface area (Å²) in [5.41, 5.74) is 0. The molecule has 0 aliphatic carbocycles. The molecule has 0 aromatic carbocycles. The Bertz CT molecular complexity index is 168. The highest BCUT2D eigenvalue weighted by Crippen LogP contribution is 2.06. The summed E-state index contributed by atoms with van der Waals surface area (Å²) in [5.74, 6) is 0.146. The molecule has 0 saturated heterocycles. The van der Waals surface area contributed by atoms with E-state index in [1.165, 1.54) is 25.7 Å². The number of aliphatic hydroxyl groups excluding tert-OH is 1. The first-order valence-electron chi connectivity index (χ1n) is 7.26. The molecule has 4 nitrogen and oxygen atoms in total. The van der Waals surface area contributed by atoms with Gasteiger partial charge in [-0.05, 0) is 12.8 Å². The van der Waals surface area contributed by atoms with Crippen molar-refractivity contribution >= 4 is 5.91 Å². The lowest BCUT2D eigenvalue weighted by Gasteiger charge is -2.05. The number of rotatable bonds is 13. The smallest absolute Gasteiger partial charge is 0.219 e. The molecule has 0 aliphatic heterocycles. The van der Waals surface area contributed by atoms with Gasteiger partial charge in [0.2, 0.25) is 5.91 Å². The maximum absolute atomic E-state index is 11.4. The summed E-state index contributed by atoms with van der Waals surface area (Å²) in [7, 11) is 0. The third-order valence-electron chi connectivity index (χ3n) is 2.78. The second-order valence-corrected chi connectivity index (χ2v) is 4.56. The number of nitrogens with one attached hydrogen (secondary N) is 1. The molecule has 0 rings (SSSR count). The number of amides is 1. The van der Waals surface area contributed by atoms with E-state index in [0.29, 0.717) is 26.2 Å². The minimum absolute atomic E-state index is 0.0599. The van der Waals surface area contributed by atoms with Crippen molar-refractivity contribution in [3.05, 3.63) is 0 Å². The lowest BCUT2D eigenvalue weighted by molar-refractivity contribution is -0.121. The summed E-state index contributed by atoms with van der Waals surface area (Å²) in [6.45, 7) is 3.91. The Morgan fingerprint density at radius 1 is 1.06 bits per heavy atom. The Kier molecular flexibility index (Phi) is 14.0. The van der Waals surface area contributed by atoms with Crippen molar-refractivity contribution < 1.29 is 14.6 Å². The topological polar surface area (TPSA) is 58.6 Å². The number of hydrogen-bond acceptors (Lipinski definition) is 3. The Morgan fingerprint density at radius 2 is 1.78 bits per heavy atom. The van der Waals surface area contributed by atoms with E-state index in [1.807, 2.05) is 0 Å². The first kappa shape index (κ1) is 17.4. The molecule has 0 heterocycles. The minimum atomic E-state index is 0.0599. The van der Waals surface area contributed by atoms with E-state index in [0.717, 1.165) is 19.3 Å². The van der Waals surface area contributed by atoms with Crippen LogP contribution < -0.4 is 5.32 Å². The van der Waals surface area contributed by atoms with Gasteiger partial charge in [-0.2, -0.15) is 0 Å². The quantitative estimate of drug-likeness (QED) is 0.499. The second-order valence-electron chi connectivity index (χ2n) is 4.56. The summed E-state index contributed by atoms with van der Waals surface area (Å²) in [4.78, 5) is 11.4. The van der Waals surface area contributed by atoms with E-state index in [9.17, 15) is 4.79 Å². The summed E-state index contributed by atoms with van der Waals surface area (Å²) < 4.78 is 5.10. The average Bonchev–Trinajstić information content (AvgIpc) is 2.38. The maximum atomic E-state index is 11.4. The highest BCUT2D eigenvalue weighted by molar-refractivity contribution is 5.75. The van der Waals surface area contributed by atoms with Crippen LogP contribution in [-0.4, -0.2) is 37.4 Å². The monoisotopic (exact) mass is 259 g/mol. The highest BCUT2D eigenvalue weighted by atomic mass is 16.5. The van der Waals surface area contributed by atoms with Gasteiger partial charge < -0.3 is 15.2 Å². The van der Waals surface area contributed by atoms with Gasteiger partial charge in [-0.25, -0.2) is 0 Å². The van der Waals surface area contributed by atoms with Gasteiger partial charge in [-0.1, -0.05) is 39.0 Å². The summed E-state index contributed by atoms with van der Waals surface area (Å²) in [6.07, 6.45) is 8.71. The maximum Gasteiger partial charge on any atom is 0.219 e. The SMILES string of the molecule is CCCCCCCCC(=O)NCCCOCCO. The van der Waals surface area contributed by atoms with Gasteiger partial charge in [0.25, 0.3) is 0 Å². The lowest BCUT2D eigenvalue weighted by atomic mass is 10.1. The molecule has 4 heteroatoms. The number of hydrogen-bond donors (Lipinski definition) is 2. The third-order valence-corrected chi connectivity index (χ3v) is 2.78. The largest absolute Gasteiger partial charge is 0.394 e. The van der Waals surface area contributed by atoms with Crippen LogP contribution in [0.25, 0.3) is 0 Å². The molecule has 0 radical (unpaired) electrons. The number of aliphatic hydroxyl groups is 1. The van der Waals surface area contributed by atoms with Crippen molar-refractivity contribution in [3.63, 3.8) is 0 Å². The molecule has 108 valence electrons. The van der Waals surface area contributed by atoms with Crippen molar-refractivity contribution in [1.29, 1.82) is 0 Å². The Hall–Kier alpha value is -0.610. The van der Waals surface area contributed by atoms with E-state index >= 15 is 0 Å². The molecule has 0 spiro atoms. The zero-order valence-electron chi connectivity index (χ0n) is 11.7. The van der Waals surface area contributed by atoms with Gasteiger partial charge in [-0.15, -0.1) is 0 Å². The fourth-order valence-electron chi connectivity index (χ4n) is 1.72. The van der Waals surface area contributed by atoms with Gasteiger partial charge >= 0.3 is 0 Å². The highest BCUT2D eigenvalue weighted by Gasteiger charge is 2.00. The molecule has 2 N–H and O–H groups in total. The molecule has 0 saturated carbocycles. The van der Waals surface area contributed by atoms with Crippen LogP contribution in [0, 0.1) is 0 Å². The second kappa shape index (κ2) is 14.5. The molecular weight excluding hydrogens is 230 g/mol. The third kappa shape index (κ3) is 13.5. The lowest BCUT2D eigenvalue weighted by Crippen LogP contribution is -2.25. The van der Waals surface area contributed by atoms with Crippen molar-refractivity contribution in [2.75, 3.05) is 26.4 Å². The van der Waals surface area contributed by atoms with Crippen LogP contribution in [0.4, 0.5) is 0 Å². The molecule has 1 amide bonds. The predicted molar refractivity (Wildman–Crippen MR) is 73.5 cm³/mol. The van der Waals surface area contributed by atoms with E-state index < -0.39 is 0 Å². The zero-order chi connectivity index (χ0) is 13.5. The van der Waals surface area contributed by atoms with Gasteiger partial charge in [0.1, 0.15) is 0 Å². The van der Waals surface area contributed by atoms with Gasteiger partial charge in [-0.3, -0.25) is 4.79 Å². The number of carbonyl (C=O) groups excluding carboxylic acids is 1. The molecule has 18 heavy (non-hydrogen) atoms. The fraction of sp³-hybridized carbons (Fsp3) is 0.929. The van der Waals surface area contributed by atoms with Gasteiger partial charge in [0, 0.05) is 19.6 Å². The van der Waals surface area contributed by atoms with E-state index in [2.05, 4.69) is 12.2 Å². The van der Waals surface area contributed by atoms with Crippen LogP contribution in [0.15, 0.2) is 0 Å². The van der Waals surface area contributed by atoms with E-state index in [1.54, 1.807) is 0 Å². The average molecular weight is 259 g/mol.